The Morgan fingerprint density at radius 1 is 1.21 bits per heavy atom. The quantitative estimate of drug-likeness (QED) is 0.484. The van der Waals surface area contributed by atoms with E-state index >= 15 is 0 Å². The fourth-order valence-corrected chi connectivity index (χ4v) is 3.57. The van der Waals surface area contributed by atoms with Crippen LogP contribution in [-0.4, -0.2) is 52.9 Å². The van der Waals surface area contributed by atoms with E-state index < -0.39 is 4.92 Å². The van der Waals surface area contributed by atoms with Crippen molar-refractivity contribution >= 4 is 17.7 Å². The summed E-state index contributed by atoms with van der Waals surface area (Å²) in [5.74, 6) is -0.00889. The molecule has 0 radical (unpaired) electrons. The molecule has 6 heteroatoms. The molecule has 0 unspecified atom stereocenters. The van der Waals surface area contributed by atoms with Gasteiger partial charge in [0, 0.05) is 37.3 Å². The number of amides is 1. The van der Waals surface area contributed by atoms with Gasteiger partial charge in [0.05, 0.1) is 4.92 Å². The molecule has 0 aliphatic carbocycles. The Bertz CT molecular complexity index is 638. The number of nitrogens with zero attached hydrogens (tertiary/aromatic N) is 3. The van der Waals surface area contributed by atoms with Gasteiger partial charge in [0.1, 0.15) is 0 Å². The van der Waals surface area contributed by atoms with Gasteiger partial charge in [-0.25, -0.2) is 0 Å². The molecule has 0 bridgehead atoms. The molecule has 0 aromatic heterocycles. The maximum Gasteiger partial charge on any atom is 0.270 e. The fraction of sp³-hybridized carbons (Fsp3) is 0.500. The van der Waals surface area contributed by atoms with Gasteiger partial charge in [-0.05, 0) is 50.4 Å². The summed E-state index contributed by atoms with van der Waals surface area (Å²) in [6, 6.07) is 6.81. The number of carbonyl (C=O) groups excluding carboxylic acids is 1. The average Bonchev–Trinajstić information content (AvgIpc) is 3.15. The second-order valence-electron chi connectivity index (χ2n) is 6.51. The maximum atomic E-state index is 12.4. The largest absolute Gasteiger partial charge is 0.338 e. The minimum atomic E-state index is -0.426. The highest BCUT2D eigenvalue weighted by Gasteiger charge is 2.28. The lowest BCUT2D eigenvalue weighted by Crippen LogP contribution is -2.48. The molecule has 3 rings (SSSR count). The van der Waals surface area contributed by atoms with E-state index in [9.17, 15) is 14.9 Å². The van der Waals surface area contributed by atoms with E-state index in [1.54, 1.807) is 18.2 Å². The smallest absolute Gasteiger partial charge is 0.270 e. The van der Waals surface area contributed by atoms with Crippen LogP contribution in [-0.2, 0) is 4.79 Å². The van der Waals surface area contributed by atoms with Gasteiger partial charge in [0.25, 0.3) is 5.69 Å². The first-order valence-electron chi connectivity index (χ1n) is 8.59. The topological polar surface area (TPSA) is 66.7 Å². The van der Waals surface area contributed by atoms with Crippen molar-refractivity contribution in [2.75, 3.05) is 26.2 Å². The molecule has 6 nitrogen and oxygen atoms in total. The van der Waals surface area contributed by atoms with Crippen LogP contribution in [0, 0.1) is 10.1 Å². The Morgan fingerprint density at radius 2 is 2.00 bits per heavy atom. The van der Waals surface area contributed by atoms with Crippen LogP contribution in [0.4, 0.5) is 5.69 Å². The normalized spacial score (nSPS) is 22.2. The van der Waals surface area contributed by atoms with Crippen molar-refractivity contribution in [2.45, 2.75) is 31.7 Å². The van der Waals surface area contributed by atoms with Crippen molar-refractivity contribution in [3.05, 3.63) is 46.0 Å². The molecule has 2 heterocycles. The zero-order valence-electron chi connectivity index (χ0n) is 13.8. The van der Waals surface area contributed by atoms with Crippen molar-refractivity contribution in [3.8, 4) is 0 Å². The van der Waals surface area contributed by atoms with E-state index in [0.717, 1.165) is 32.6 Å². The third kappa shape index (κ3) is 4.00. The number of non-ortho nitro benzene ring substituents is 1. The van der Waals surface area contributed by atoms with Crippen LogP contribution in [0.2, 0.25) is 0 Å². The zero-order valence-corrected chi connectivity index (χ0v) is 13.8. The standard InChI is InChI=1S/C18H23N3O3/c22-18(9-8-15-5-3-6-16(13-15)21(23)24)20-12-4-7-17(14-20)19-10-1-2-11-19/h3,5-6,8-9,13,17H,1-2,4,7,10-12,14H2/b9-8-/t17-/m1/s1. The van der Waals surface area contributed by atoms with Gasteiger partial charge < -0.3 is 4.90 Å². The Kier molecular flexibility index (Phi) is 5.25. The molecular formula is C18H23N3O3. The van der Waals surface area contributed by atoms with Crippen LogP contribution < -0.4 is 0 Å². The number of hydrogen-bond acceptors (Lipinski definition) is 4. The number of piperidine rings is 1. The molecule has 1 amide bonds. The van der Waals surface area contributed by atoms with E-state index in [1.807, 2.05) is 4.90 Å². The summed E-state index contributed by atoms with van der Waals surface area (Å²) in [7, 11) is 0. The van der Waals surface area contributed by atoms with Crippen LogP contribution >= 0.6 is 0 Å². The van der Waals surface area contributed by atoms with E-state index in [0.29, 0.717) is 11.6 Å². The first kappa shape index (κ1) is 16.6. The average molecular weight is 329 g/mol. The molecule has 1 aromatic carbocycles. The fourth-order valence-electron chi connectivity index (χ4n) is 3.57. The number of rotatable bonds is 4. The Hall–Kier alpha value is -2.21. The van der Waals surface area contributed by atoms with E-state index in [2.05, 4.69) is 4.90 Å². The summed E-state index contributed by atoms with van der Waals surface area (Å²) in [4.78, 5) is 27.2. The van der Waals surface area contributed by atoms with Crippen molar-refractivity contribution in [2.24, 2.45) is 0 Å². The third-order valence-electron chi connectivity index (χ3n) is 4.86. The second kappa shape index (κ2) is 7.57. The number of benzene rings is 1. The molecule has 1 aromatic rings. The van der Waals surface area contributed by atoms with Crippen molar-refractivity contribution in [3.63, 3.8) is 0 Å². The van der Waals surface area contributed by atoms with Gasteiger partial charge in [-0.15, -0.1) is 0 Å². The molecular weight excluding hydrogens is 306 g/mol. The molecule has 0 saturated carbocycles. The summed E-state index contributed by atoms with van der Waals surface area (Å²) < 4.78 is 0. The van der Waals surface area contributed by atoms with Gasteiger partial charge >= 0.3 is 0 Å². The number of nitro groups is 1. The van der Waals surface area contributed by atoms with Gasteiger partial charge in [-0.3, -0.25) is 19.8 Å². The molecule has 1 atom stereocenters. The molecule has 2 saturated heterocycles. The highest BCUT2D eigenvalue weighted by atomic mass is 16.6. The lowest BCUT2D eigenvalue weighted by Gasteiger charge is -2.37. The minimum Gasteiger partial charge on any atom is -0.338 e. The molecule has 2 fully saturated rings. The minimum absolute atomic E-state index is 0.00889. The van der Waals surface area contributed by atoms with E-state index in [-0.39, 0.29) is 11.6 Å². The monoisotopic (exact) mass is 329 g/mol. The summed E-state index contributed by atoms with van der Waals surface area (Å²) in [6.45, 7) is 3.88. The third-order valence-corrected chi connectivity index (χ3v) is 4.86. The Morgan fingerprint density at radius 3 is 2.75 bits per heavy atom. The lowest BCUT2D eigenvalue weighted by atomic mass is 10.0. The maximum absolute atomic E-state index is 12.4. The SMILES string of the molecule is O=C(/C=C\c1cccc([N+](=O)[O-])c1)N1CCC[C@@H](N2CCCC2)C1. The predicted molar refractivity (Wildman–Crippen MR) is 92.5 cm³/mol. The Labute approximate surface area is 141 Å². The molecule has 0 spiro atoms. The van der Waals surface area contributed by atoms with Crippen LogP contribution in [0.5, 0.6) is 0 Å². The Balaban J connectivity index is 1.61. The van der Waals surface area contributed by atoms with Gasteiger partial charge in [-0.2, -0.15) is 0 Å². The van der Waals surface area contributed by atoms with Crippen LogP contribution in [0.15, 0.2) is 30.3 Å². The van der Waals surface area contributed by atoms with Crippen molar-refractivity contribution in [1.82, 2.24) is 9.80 Å². The van der Waals surface area contributed by atoms with Crippen LogP contribution in [0.3, 0.4) is 0 Å². The van der Waals surface area contributed by atoms with Gasteiger partial charge in [0.15, 0.2) is 0 Å². The van der Waals surface area contributed by atoms with Gasteiger partial charge in [-0.1, -0.05) is 12.1 Å². The lowest BCUT2D eigenvalue weighted by molar-refractivity contribution is -0.384. The summed E-state index contributed by atoms with van der Waals surface area (Å²) in [6.07, 6.45) is 7.92. The predicted octanol–water partition coefficient (Wildman–Crippen LogP) is 2.69. The number of likely N-dealkylation sites (tertiary alicyclic amines) is 2. The first-order valence-corrected chi connectivity index (χ1v) is 8.59. The number of nitro benzene ring substituents is 1. The molecule has 2 aliphatic rings. The number of hydrogen-bond donors (Lipinski definition) is 0. The molecule has 0 N–H and O–H groups in total. The van der Waals surface area contributed by atoms with Crippen LogP contribution in [0.25, 0.3) is 6.08 Å². The first-order chi connectivity index (χ1) is 11.6. The second-order valence-corrected chi connectivity index (χ2v) is 6.51. The number of carbonyl (C=O) groups is 1. The summed E-state index contributed by atoms with van der Waals surface area (Å²) in [5, 5.41) is 10.8. The van der Waals surface area contributed by atoms with Gasteiger partial charge in [0.2, 0.25) is 5.91 Å². The van der Waals surface area contributed by atoms with Crippen LogP contribution in [0.1, 0.15) is 31.2 Å². The zero-order chi connectivity index (χ0) is 16.9. The molecule has 24 heavy (non-hydrogen) atoms. The van der Waals surface area contributed by atoms with Crippen molar-refractivity contribution < 1.29 is 9.72 Å². The van der Waals surface area contributed by atoms with E-state index in [1.165, 1.54) is 37.5 Å². The summed E-state index contributed by atoms with van der Waals surface area (Å²) >= 11 is 0. The molecule has 2 aliphatic heterocycles. The molecule has 128 valence electrons. The highest BCUT2D eigenvalue weighted by molar-refractivity contribution is 5.92. The highest BCUT2D eigenvalue weighted by Crippen LogP contribution is 2.21. The van der Waals surface area contributed by atoms with E-state index in [4.69, 9.17) is 0 Å². The summed E-state index contributed by atoms with van der Waals surface area (Å²) in [5.41, 5.74) is 0.710. The van der Waals surface area contributed by atoms with Crippen molar-refractivity contribution in [1.29, 1.82) is 0 Å².